The van der Waals surface area contributed by atoms with Crippen LogP contribution in [0.4, 0.5) is 5.69 Å². The summed E-state index contributed by atoms with van der Waals surface area (Å²) < 4.78 is 16.8. The van der Waals surface area contributed by atoms with Crippen LogP contribution >= 0.6 is 0 Å². The van der Waals surface area contributed by atoms with E-state index in [0.29, 0.717) is 21.7 Å². The zero-order chi connectivity index (χ0) is 25.5. The minimum atomic E-state index is -2.88. The largest absolute Gasteiger partial charge is 0.322 e. The number of aromatic nitrogens is 1. The van der Waals surface area contributed by atoms with Gasteiger partial charge in [0.15, 0.2) is 0 Å². The molecule has 36 heavy (non-hydrogen) atoms. The number of amides is 2. The van der Waals surface area contributed by atoms with Gasteiger partial charge in [-0.15, -0.1) is 0 Å². The molecule has 4 aromatic rings. The minimum Gasteiger partial charge on any atom is -0.322 e. The van der Waals surface area contributed by atoms with Gasteiger partial charge >= 0.3 is 0 Å². The molecule has 1 aromatic heterocycles. The molecule has 0 saturated heterocycles. The molecule has 3 aromatic carbocycles. The smallest absolute Gasteiger partial charge is 0.286 e. The zero-order valence-electron chi connectivity index (χ0n) is 19.8. The first-order valence-electron chi connectivity index (χ1n) is 11.1. The third-order valence-corrected chi connectivity index (χ3v) is 6.89. The summed E-state index contributed by atoms with van der Waals surface area (Å²) in [5, 5.41) is 2.86. The molecule has 6 nitrogen and oxygen atoms in total. The molecule has 0 aliphatic heterocycles. The van der Waals surface area contributed by atoms with E-state index in [-0.39, 0.29) is 11.5 Å². The molecule has 178 valence electrons. The standard InChI is InChI=1S/C29H23N3O3S/c1-21-8-14-24(15-9-21)28(33)31-26-16-12-22(13-17-26)10-11-23-18-25(20-30-19-23)29(34)32-36(2,35)27-6-4-3-5-7-27/h3-9,12-20H,1-2H3,(H,31,33). The lowest BCUT2D eigenvalue weighted by Crippen LogP contribution is -2.11. The number of nitrogens with one attached hydrogen (secondary N) is 1. The molecule has 1 unspecified atom stereocenters. The van der Waals surface area contributed by atoms with Crippen molar-refractivity contribution in [2.75, 3.05) is 11.6 Å². The van der Waals surface area contributed by atoms with Crippen molar-refractivity contribution in [3.05, 3.63) is 125 Å². The molecule has 7 heteroatoms. The third kappa shape index (κ3) is 6.32. The maximum absolute atomic E-state index is 12.9. The molecule has 0 spiro atoms. The van der Waals surface area contributed by atoms with Crippen LogP contribution in [0.2, 0.25) is 0 Å². The van der Waals surface area contributed by atoms with Gasteiger partial charge in [0.2, 0.25) is 0 Å². The van der Waals surface area contributed by atoms with Crippen molar-refractivity contribution in [3.63, 3.8) is 0 Å². The second-order valence-electron chi connectivity index (χ2n) is 8.12. The van der Waals surface area contributed by atoms with Crippen LogP contribution in [0.1, 0.15) is 37.4 Å². The fraction of sp³-hybridized carbons (Fsp3) is 0.0690. The fourth-order valence-electron chi connectivity index (χ4n) is 3.25. The lowest BCUT2D eigenvalue weighted by atomic mass is 10.1. The Morgan fingerprint density at radius 3 is 2.19 bits per heavy atom. The third-order valence-electron chi connectivity index (χ3n) is 5.23. The Labute approximate surface area is 210 Å². The Balaban J connectivity index is 1.46. The van der Waals surface area contributed by atoms with Crippen molar-refractivity contribution < 1.29 is 13.8 Å². The van der Waals surface area contributed by atoms with Crippen LogP contribution in [0.5, 0.6) is 0 Å². The second kappa shape index (κ2) is 10.8. The van der Waals surface area contributed by atoms with Crippen molar-refractivity contribution in [1.29, 1.82) is 0 Å². The number of hydrogen-bond donors (Lipinski definition) is 1. The van der Waals surface area contributed by atoms with Gasteiger partial charge in [0.05, 0.1) is 15.3 Å². The Morgan fingerprint density at radius 2 is 1.50 bits per heavy atom. The number of carbonyl (C=O) groups excluding carboxylic acids is 2. The maximum atomic E-state index is 12.9. The normalized spacial score (nSPS) is 11.9. The highest BCUT2D eigenvalue weighted by molar-refractivity contribution is 7.93. The van der Waals surface area contributed by atoms with Crippen molar-refractivity contribution in [2.45, 2.75) is 11.8 Å². The molecule has 1 atom stereocenters. The van der Waals surface area contributed by atoms with Crippen LogP contribution in [0.15, 0.2) is 107 Å². The van der Waals surface area contributed by atoms with E-state index in [4.69, 9.17) is 0 Å². The van der Waals surface area contributed by atoms with E-state index in [1.807, 2.05) is 25.1 Å². The lowest BCUT2D eigenvalue weighted by Gasteiger charge is -2.05. The monoisotopic (exact) mass is 493 g/mol. The summed E-state index contributed by atoms with van der Waals surface area (Å²) in [5.74, 6) is 5.20. The van der Waals surface area contributed by atoms with Crippen molar-refractivity contribution >= 4 is 27.2 Å². The molecule has 2 amide bonds. The highest BCUT2D eigenvalue weighted by atomic mass is 32.2. The lowest BCUT2D eigenvalue weighted by molar-refractivity contribution is 0.100. The quantitative estimate of drug-likeness (QED) is 0.389. The molecule has 1 heterocycles. The average molecular weight is 494 g/mol. The van der Waals surface area contributed by atoms with Gasteiger partial charge in [-0.3, -0.25) is 14.6 Å². The van der Waals surface area contributed by atoms with E-state index < -0.39 is 15.6 Å². The molecule has 1 N–H and O–H groups in total. The van der Waals surface area contributed by atoms with Gasteiger partial charge in [0.1, 0.15) is 0 Å². The molecule has 0 bridgehead atoms. The van der Waals surface area contributed by atoms with Crippen LogP contribution < -0.4 is 5.32 Å². The predicted molar refractivity (Wildman–Crippen MR) is 141 cm³/mol. The number of rotatable bonds is 4. The Kier molecular flexibility index (Phi) is 7.38. The van der Waals surface area contributed by atoms with Gasteiger partial charge < -0.3 is 5.32 Å². The van der Waals surface area contributed by atoms with E-state index in [1.54, 1.807) is 72.9 Å². The van der Waals surface area contributed by atoms with E-state index in [0.717, 1.165) is 11.1 Å². The molecule has 4 rings (SSSR count). The summed E-state index contributed by atoms with van der Waals surface area (Å²) >= 11 is 0. The number of aryl methyl sites for hydroxylation is 1. The number of nitrogens with zero attached hydrogens (tertiary/aromatic N) is 2. The maximum Gasteiger partial charge on any atom is 0.286 e. The van der Waals surface area contributed by atoms with Crippen molar-refractivity contribution in [2.24, 2.45) is 4.36 Å². The van der Waals surface area contributed by atoms with E-state index in [1.165, 1.54) is 12.5 Å². The van der Waals surface area contributed by atoms with Gasteiger partial charge in [-0.25, -0.2) is 4.21 Å². The molecule has 0 saturated carbocycles. The Hall–Kier alpha value is -4.54. The Morgan fingerprint density at radius 1 is 0.833 bits per heavy atom. The molecule has 0 fully saturated rings. The van der Waals surface area contributed by atoms with Gasteiger partial charge in [-0.05, 0) is 61.5 Å². The highest BCUT2D eigenvalue weighted by Gasteiger charge is 2.12. The number of anilines is 1. The molecule has 0 aliphatic rings. The number of pyridine rings is 1. The summed E-state index contributed by atoms with van der Waals surface area (Å²) in [6.45, 7) is 1.97. The van der Waals surface area contributed by atoms with Crippen LogP contribution in [0.25, 0.3) is 0 Å². The van der Waals surface area contributed by atoms with Crippen molar-refractivity contribution in [3.8, 4) is 11.8 Å². The molecule has 0 aliphatic carbocycles. The first-order valence-corrected chi connectivity index (χ1v) is 13.0. The van der Waals surface area contributed by atoms with E-state index >= 15 is 0 Å². The number of hydrogen-bond acceptors (Lipinski definition) is 4. The predicted octanol–water partition coefficient (Wildman–Crippen LogP) is 5.34. The van der Waals surface area contributed by atoms with Crippen LogP contribution in [0, 0.1) is 18.8 Å². The van der Waals surface area contributed by atoms with E-state index in [9.17, 15) is 13.8 Å². The second-order valence-corrected chi connectivity index (χ2v) is 10.4. The summed E-state index contributed by atoms with van der Waals surface area (Å²) in [4.78, 5) is 29.6. The van der Waals surface area contributed by atoms with Gasteiger partial charge in [-0.2, -0.15) is 4.36 Å². The number of carbonyl (C=O) groups is 2. The van der Waals surface area contributed by atoms with Crippen LogP contribution in [0.3, 0.4) is 0 Å². The van der Waals surface area contributed by atoms with Gasteiger partial charge in [0.25, 0.3) is 11.8 Å². The summed E-state index contributed by atoms with van der Waals surface area (Å²) in [5.41, 5.74) is 3.79. The molecule has 0 radical (unpaired) electrons. The highest BCUT2D eigenvalue weighted by Crippen LogP contribution is 2.14. The van der Waals surface area contributed by atoms with Gasteiger partial charge in [0, 0.05) is 45.9 Å². The van der Waals surface area contributed by atoms with Gasteiger partial charge in [-0.1, -0.05) is 47.7 Å². The fourth-order valence-corrected chi connectivity index (χ4v) is 4.44. The number of benzene rings is 3. The van der Waals surface area contributed by atoms with Crippen molar-refractivity contribution in [1.82, 2.24) is 4.98 Å². The first-order chi connectivity index (χ1) is 17.3. The summed E-state index contributed by atoms with van der Waals surface area (Å²) in [7, 11) is -2.88. The summed E-state index contributed by atoms with van der Waals surface area (Å²) in [6, 6.07) is 24.7. The SMILES string of the molecule is Cc1ccc(C(=O)Nc2ccc(C#Cc3cncc(C(=O)N=S(C)(=O)c4ccccc4)c3)cc2)cc1. The average Bonchev–Trinajstić information content (AvgIpc) is 2.89. The first kappa shape index (κ1) is 24.6. The zero-order valence-corrected chi connectivity index (χ0v) is 20.6. The molecular formula is C29H23N3O3S. The van der Waals surface area contributed by atoms with E-state index in [2.05, 4.69) is 26.5 Å². The summed E-state index contributed by atoms with van der Waals surface area (Å²) in [6.07, 6.45) is 4.35. The molecular weight excluding hydrogens is 470 g/mol. The minimum absolute atomic E-state index is 0.185. The van der Waals surface area contributed by atoms with Crippen LogP contribution in [-0.2, 0) is 9.73 Å². The Bertz CT molecular complexity index is 1590. The van der Waals surface area contributed by atoms with Crippen LogP contribution in [-0.4, -0.2) is 27.3 Å². The topological polar surface area (TPSA) is 88.5 Å².